The van der Waals surface area contributed by atoms with Crippen LogP contribution in [0, 0.1) is 0 Å². The maximum absolute atomic E-state index is 12.5. The summed E-state index contributed by atoms with van der Waals surface area (Å²) in [6.07, 6.45) is 1.87. The fourth-order valence-corrected chi connectivity index (χ4v) is 3.92. The minimum atomic E-state index is -3.31. The van der Waals surface area contributed by atoms with Gasteiger partial charge in [0.15, 0.2) is 0 Å². The number of benzene rings is 1. The number of nitrogens with zero attached hydrogens (tertiary/aromatic N) is 1. The molecule has 0 atom stereocenters. The minimum Gasteiger partial charge on any atom is -0.392 e. The van der Waals surface area contributed by atoms with Crippen molar-refractivity contribution in [3.05, 3.63) is 35.4 Å². The number of sulfonamides is 1. The summed E-state index contributed by atoms with van der Waals surface area (Å²) < 4.78 is 31.5. The van der Waals surface area contributed by atoms with Gasteiger partial charge < -0.3 is 9.84 Å². The molecular formula is C14H21NO4S. The lowest BCUT2D eigenvalue weighted by Gasteiger charge is -2.21. The quantitative estimate of drug-likeness (QED) is 0.781. The van der Waals surface area contributed by atoms with Gasteiger partial charge in [0.2, 0.25) is 10.0 Å². The van der Waals surface area contributed by atoms with E-state index in [-0.39, 0.29) is 18.4 Å². The molecule has 0 saturated heterocycles. The highest BCUT2D eigenvalue weighted by molar-refractivity contribution is 7.88. The van der Waals surface area contributed by atoms with Crippen molar-refractivity contribution >= 4 is 10.0 Å². The molecular weight excluding hydrogens is 278 g/mol. The molecule has 112 valence electrons. The van der Waals surface area contributed by atoms with Crippen molar-refractivity contribution in [3.63, 3.8) is 0 Å². The van der Waals surface area contributed by atoms with E-state index in [2.05, 4.69) is 0 Å². The zero-order valence-electron chi connectivity index (χ0n) is 11.7. The Morgan fingerprint density at radius 3 is 2.35 bits per heavy atom. The molecule has 0 radical (unpaired) electrons. The molecule has 0 unspecified atom stereocenters. The number of aliphatic hydroxyl groups excluding tert-OH is 1. The number of hydrogen-bond donors (Lipinski definition) is 1. The van der Waals surface area contributed by atoms with Crippen LogP contribution < -0.4 is 0 Å². The van der Waals surface area contributed by atoms with Gasteiger partial charge in [-0.2, -0.15) is 4.31 Å². The predicted octanol–water partition coefficient (Wildman–Crippen LogP) is 1.12. The maximum atomic E-state index is 12.5. The van der Waals surface area contributed by atoms with Crippen molar-refractivity contribution in [2.75, 3.05) is 20.3 Å². The summed E-state index contributed by atoms with van der Waals surface area (Å²) in [5.41, 5.74) is 1.52. The number of rotatable bonds is 8. The molecule has 1 aromatic carbocycles. The van der Waals surface area contributed by atoms with Crippen LogP contribution in [-0.2, 0) is 27.1 Å². The van der Waals surface area contributed by atoms with Crippen molar-refractivity contribution in [1.82, 2.24) is 4.31 Å². The highest BCUT2D eigenvalue weighted by atomic mass is 32.2. The average molecular weight is 299 g/mol. The first-order valence-electron chi connectivity index (χ1n) is 6.74. The molecule has 0 aromatic heterocycles. The summed E-state index contributed by atoms with van der Waals surface area (Å²) in [4.78, 5) is 0. The summed E-state index contributed by atoms with van der Waals surface area (Å²) in [7, 11) is -1.74. The first kappa shape index (κ1) is 15.4. The Morgan fingerprint density at radius 1 is 1.25 bits per heavy atom. The van der Waals surface area contributed by atoms with Gasteiger partial charge in [0.1, 0.15) is 0 Å². The second-order valence-corrected chi connectivity index (χ2v) is 6.99. The van der Waals surface area contributed by atoms with Crippen LogP contribution in [0.4, 0.5) is 0 Å². The van der Waals surface area contributed by atoms with Crippen molar-refractivity contribution in [2.45, 2.75) is 31.2 Å². The van der Waals surface area contributed by atoms with Crippen molar-refractivity contribution in [2.24, 2.45) is 0 Å². The highest BCUT2D eigenvalue weighted by Crippen LogP contribution is 2.30. The average Bonchev–Trinajstić information content (AvgIpc) is 3.24. The van der Waals surface area contributed by atoms with Crippen LogP contribution >= 0.6 is 0 Å². The van der Waals surface area contributed by atoms with Gasteiger partial charge in [0, 0.05) is 19.7 Å². The molecule has 1 fully saturated rings. The zero-order chi connectivity index (χ0) is 14.6. The van der Waals surface area contributed by atoms with Crippen LogP contribution in [0.25, 0.3) is 0 Å². The maximum Gasteiger partial charge on any atom is 0.218 e. The lowest BCUT2D eigenvalue weighted by atomic mass is 10.2. The fraction of sp³-hybridized carbons (Fsp3) is 0.571. The molecule has 5 nitrogen and oxygen atoms in total. The molecule has 2 rings (SSSR count). The van der Waals surface area contributed by atoms with Gasteiger partial charge in [-0.25, -0.2) is 8.42 Å². The molecule has 6 heteroatoms. The Balaban J connectivity index is 2.07. The van der Waals surface area contributed by atoms with Gasteiger partial charge in [0.05, 0.1) is 19.0 Å². The Bertz CT molecular complexity index is 523. The molecule has 1 N–H and O–H groups in total. The highest BCUT2D eigenvalue weighted by Gasteiger charge is 2.36. The third-order valence-corrected chi connectivity index (χ3v) is 5.28. The fourth-order valence-electron chi connectivity index (χ4n) is 2.13. The predicted molar refractivity (Wildman–Crippen MR) is 76.6 cm³/mol. The van der Waals surface area contributed by atoms with Crippen LogP contribution in [0.1, 0.15) is 24.0 Å². The van der Waals surface area contributed by atoms with Gasteiger partial charge in [-0.1, -0.05) is 24.3 Å². The Kier molecular flexibility index (Phi) is 5.15. The normalized spacial score (nSPS) is 15.8. The number of aliphatic hydroxyl groups is 1. The second-order valence-electron chi connectivity index (χ2n) is 5.07. The molecule has 1 saturated carbocycles. The van der Waals surface area contributed by atoms with E-state index in [4.69, 9.17) is 9.84 Å². The minimum absolute atomic E-state index is 0.00107. The van der Waals surface area contributed by atoms with E-state index in [9.17, 15) is 8.42 Å². The first-order valence-corrected chi connectivity index (χ1v) is 8.35. The van der Waals surface area contributed by atoms with Crippen molar-refractivity contribution < 1.29 is 18.3 Å². The molecule has 0 bridgehead atoms. The standard InChI is InChI=1S/C14H21NO4S/c1-19-9-8-15(14-6-7-14)20(17,18)11-13-4-2-12(10-16)3-5-13/h2-5,14,16H,6-11H2,1H3. The third-order valence-electron chi connectivity index (χ3n) is 3.38. The zero-order valence-corrected chi connectivity index (χ0v) is 12.5. The molecule has 1 aromatic rings. The summed E-state index contributed by atoms with van der Waals surface area (Å²) in [6.45, 7) is 0.798. The van der Waals surface area contributed by atoms with E-state index >= 15 is 0 Å². The van der Waals surface area contributed by atoms with Crippen LogP contribution in [0.2, 0.25) is 0 Å². The molecule has 1 aliphatic rings. The number of hydrogen-bond acceptors (Lipinski definition) is 4. The third kappa shape index (κ3) is 4.02. The van der Waals surface area contributed by atoms with Crippen LogP contribution in [0.3, 0.4) is 0 Å². The Hall–Kier alpha value is -0.950. The van der Waals surface area contributed by atoms with E-state index < -0.39 is 10.0 Å². The number of methoxy groups -OCH3 is 1. The lowest BCUT2D eigenvalue weighted by Crippen LogP contribution is -2.36. The van der Waals surface area contributed by atoms with E-state index in [1.54, 1.807) is 35.7 Å². The van der Waals surface area contributed by atoms with Crippen LogP contribution in [0.5, 0.6) is 0 Å². The van der Waals surface area contributed by atoms with Crippen molar-refractivity contribution in [3.8, 4) is 0 Å². The van der Waals surface area contributed by atoms with Gasteiger partial charge in [-0.05, 0) is 24.0 Å². The summed E-state index contributed by atoms with van der Waals surface area (Å²) in [6, 6.07) is 7.16. The van der Waals surface area contributed by atoms with E-state index in [1.165, 1.54) is 0 Å². The molecule has 20 heavy (non-hydrogen) atoms. The van der Waals surface area contributed by atoms with E-state index in [0.717, 1.165) is 24.0 Å². The molecule has 0 aliphatic heterocycles. The SMILES string of the molecule is COCCN(C1CC1)S(=O)(=O)Cc1ccc(CO)cc1. The van der Waals surface area contributed by atoms with E-state index in [0.29, 0.717) is 13.2 Å². The molecule has 0 amide bonds. The van der Waals surface area contributed by atoms with Crippen LogP contribution in [0.15, 0.2) is 24.3 Å². The van der Waals surface area contributed by atoms with E-state index in [1.807, 2.05) is 0 Å². The largest absolute Gasteiger partial charge is 0.392 e. The number of ether oxygens (including phenoxy) is 1. The lowest BCUT2D eigenvalue weighted by molar-refractivity contribution is 0.177. The Labute approximate surface area is 120 Å². The van der Waals surface area contributed by atoms with Gasteiger partial charge in [0.25, 0.3) is 0 Å². The molecule has 1 aliphatic carbocycles. The van der Waals surface area contributed by atoms with Crippen LogP contribution in [-0.4, -0.2) is 44.1 Å². The summed E-state index contributed by atoms with van der Waals surface area (Å²) in [5.74, 6) is -0.00107. The van der Waals surface area contributed by atoms with Gasteiger partial charge in [-0.15, -0.1) is 0 Å². The Morgan fingerprint density at radius 2 is 1.85 bits per heavy atom. The van der Waals surface area contributed by atoms with Gasteiger partial charge >= 0.3 is 0 Å². The summed E-state index contributed by atoms with van der Waals surface area (Å²) in [5, 5.41) is 8.99. The van der Waals surface area contributed by atoms with Crippen molar-refractivity contribution in [1.29, 1.82) is 0 Å². The smallest absolute Gasteiger partial charge is 0.218 e. The first-order chi connectivity index (χ1) is 9.56. The monoisotopic (exact) mass is 299 g/mol. The molecule has 0 spiro atoms. The summed E-state index contributed by atoms with van der Waals surface area (Å²) >= 11 is 0. The topological polar surface area (TPSA) is 66.8 Å². The second kappa shape index (κ2) is 6.67. The van der Waals surface area contributed by atoms with Gasteiger partial charge in [-0.3, -0.25) is 0 Å². The molecule has 0 heterocycles.